The zero-order valence-electron chi connectivity index (χ0n) is 16.4. The number of carbonyl (C=O) groups excluding carboxylic acids is 2. The quantitative estimate of drug-likeness (QED) is 0.562. The average Bonchev–Trinajstić information content (AvgIpc) is 2.75. The van der Waals surface area contributed by atoms with Crippen LogP contribution in [-0.2, 0) is 16.0 Å². The number of amides is 1. The minimum atomic E-state index is -0.960. The van der Waals surface area contributed by atoms with Gasteiger partial charge in [-0.15, -0.1) is 0 Å². The molecule has 3 rings (SSSR count). The lowest BCUT2D eigenvalue weighted by Crippen LogP contribution is -2.30. The number of ether oxygens (including phenoxy) is 2. The molecule has 0 bridgehead atoms. The van der Waals surface area contributed by atoms with Crippen molar-refractivity contribution in [1.29, 1.82) is 0 Å². The number of esters is 1. The number of carbonyl (C=O) groups is 2. The first kappa shape index (κ1) is 20.1. The molecule has 0 aliphatic heterocycles. The van der Waals surface area contributed by atoms with E-state index in [4.69, 9.17) is 9.47 Å². The molecule has 0 fully saturated rings. The Bertz CT molecular complexity index is 968. The third-order valence-corrected chi connectivity index (χ3v) is 4.36. The zero-order valence-corrected chi connectivity index (χ0v) is 16.4. The van der Waals surface area contributed by atoms with Crippen LogP contribution < -0.4 is 10.1 Å². The summed E-state index contributed by atoms with van der Waals surface area (Å²) in [6, 6.07) is 23.5. The number of hydrogen-bond acceptors (Lipinski definition) is 4. The summed E-state index contributed by atoms with van der Waals surface area (Å²) < 4.78 is 11.2. The number of anilines is 1. The molecule has 148 valence electrons. The van der Waals surface area contributed by atoms with E-state index < -0.39 is 18.0 Å². The van der Waals surface area contributed by atoms with E-state index in [-0.39, 0.29) is 5.56 Å². The fourth-order valence-electron chi connectivity index (χ4n) is 2.69. The van der Waals surface area contributed by atoms with Crippen LogP contribution in [0, 0.1) is 0 Å². The van der Waals surface area contributed by atoms with Gasteiger partial charge in [-0.3, -0.25) is 4.79 Å². The van der Waals surface area contributed by atoms with Gasteiger partial charge in [0.25, 0.3) is 5.91 Å². The summed E-state index contributed by atoms with van der Waals surface area (Å²) in [4.78, 5) is 25.0. The number of para-hydroxylation sites is 2. The Balaban J connectivity index is 1.65. The van der Waals surface area contributed by atoms with E-state index in [0.29, 0.717) is 17.2 Å². The summed E-state index contributed by atoms with van der Waals surface area (Å²) in [6.07, 6.45) is -0.0367. The van der Waals surface area contributed by atoms with Gasteiger partial charge in [0, 0.05) is 5.69 Å². The first-order valence-electron chi connectivity index (χ1n) is 9.49. The maximum atomic E-state index is 12.6. The predicted molar refractivity (Wildman–Crippen MR) is 112 cm³/mol. The Morgan fingerprint density at radius 2 is 1.55 bits per heavy atom. The van der Waals surface area contributed by atoms with Gasteiger partial charge >= 0.3 is 5.97 Å². The standard InChI is InChI=1S/C24H23NO4/c1-3-18-13-15-19(16-14-18)25-23(26)17(2)28-24(27)21-11-7-8-12-22(21)29-20-9-5-4-6-10-20/h4-17H,3H2,1-2H3,(H,25,26)/t17-/m0/s1. The summed E-state index contributed by atoms with van der Waals surface area (Å²) >= 11 is 0. The molecular formula is C24H23NO4. The van der Waals surface area contributed by atoms with Crippen LogP contribution >= 0.6 is 0 Å². The van der Waals surface area contributed by atoms with Crippen molar-refractivity contribution < 1.29 is 19.1 Å². The van der Waals surface area contributed by atoms with Crippen LogP contribution in [0.1, 0.15) is 29.8 Å². The largest absolute Gasteiger partial charge is 0.456 e. The predicted octanol–water partition coefficient (Wildman–Crippen LogP) is 5.23. The maximum Gasteiger partial charge on any atom is 0.342 e. The van der Waals surface area contributed by atoms with Crippen LogP contribution in [0.15, 0.2) is 78.9 Å². The fourth-order valence-corrected chi connectivity index (χ4v) is 2.69. The molecule has 0 radical (unpaired) electrons. The minimum absolute atomic E-state index is 0.253. The lowest BCUT2D eigenvalue weighted by molar-refractivity contribution is -0.123. The number of benzene rings is 3. The van der Waals surface area contributed by atoms with Gasteiger partial charge in [-0.2, -0.15) is 0 Å². The van der Waals surface area contributed by atoms with Crippen molar-refractivity contribution in [3.8, 4) is 11.5 Å². The van der Waals surface area contributed by atoms with E-state index in [1.807, 2.05) is 42.5 Å². The van der Waals surface area contributed by atoms with E-state index in [0.717, 1.165) is 6.42 Å². The van der Waals surface area contributed by atoms with E-state index in [1.54, 1.807) is 36.4 Å². The molecule has 1 amide bonds. The van der Waals surface area contributed by atoms with Crippen molar-refractivity contribution in [2.24, 2.45) is 0 Å². The van der Waals surface area contributed by atoms with Crippen molar-refractivity contribution >= 4 is 17.6 Å². The second-order valence-electron chi connectivity index (χ2n) is 6.50. The van der Waals surface area contributed by atoms with Gasteiger partial charge in [0.15, 0.2) is 6.10 Å². The van der Waals surface area contributed by atoms with E-state index in [9.17, 15) is 9.59 Å². The molecule has 29 heavy (non-hydrogen) atoms. The van der Waals surface area contributed by atoms with Gasteiger partial charge in [-0.25, -0.2) is 4.79 Å². The molecule has 0 saturated heterocycles. The maximum absolute atomic E-state index is 12.6. The summed E-state index contributed by atoms with van der Waals surface area (Å²) in [5, 5.41) is 2.76. The highest BCUT2D eigenvalue weighted by Gasteiger charge is 2.21. The van der Waals surface area contributed by atoms with Gasteiger partial charge in [0.2, 0.25) is 0 Å². The van der Waals surface area contributed by atoms with Crippen LogP contribution in [-0.4, -0.2) is 18.0 Å². The third-order valence-electron chi connectivity index (χ3n) is 4.36. The second kappa shape index (κ2) is 9.55. The lowest BCUT2D eigenvalue weighted by atomic mass is 10.1. The Morgan fingerprint density at radius 1 is 0.897 bits per heavy atom. The molecule has 0 heterocycles. The third kappa shape index (κ3) is 5.45. The summed E-state index contributed by atoms with van der Waals surface area (Å²) in [6.45, 7) is 3.60. The molecular weight excluding hydrogens is 366 g/mol. The van der Waals surface area contributed by atoms with Crippen LogP contribution in [0.2, 0.25) is 0 Å². The minimum Gasteiger partial charge on any atom is -0.456 e. The number of nitrogens with one attached hydrogen (secondary N) is 1. The molecule has 0 aliphatic rings. The van der Waals surface area contributed by atoms with Crippen LogP contribution in [0.4, 0.5) is 5.69 Å². The number of aryl methyl sites for hydroxylation is 1. The zero-order chi connectivity index (χ0) is 20.6. The van der Waals surface area contributed by atoms with Gasteiger partial charge in [0.05, 0.1) is 0 Å². The molecule has 3 aromatic rings. The molecule has 0 aliphatic carbocycles. The summed E-state index contributed by atoms with van der Waals surface area (Å²) in [7, 11) is 0. The van der Waals surface area contributed by atoms with E-state index >= 15 is 0 Å². The molecule has 1 atom stereocenters. The topological polar surface area (TPSA) is 64.6 Å². The van der Waals surface area contributed by atoms with E-state index in [2.05, 4.69) is 12.2 Å². The SMILES string of the molecule is CCc1ccc(NC(=O)[C@H](C)OC(=O)c2ccccc2Oc2ccccc2)cc1. The van der Waals surface area contributed by atoms with Crippen LogP contribution in [0.25, 0.3) is 0 Å². The van der Waals surface area contributed by atoms with Crippen molar-refractivity contribution in [3.63, 3.8) is 0 Å². The van der Waals surface area contributed by atoms with Crippen molar-refractivity contribution in [3.05, 3.63) is 90.0 Å². The Morgan fingerprint density at radius 3 is 2.24 bits per heavy atom. The molecule has 0 unspecified atom stereocenters. The highest BCUT2D eigenvalue weighted by molar-refractivity contribution is 5.98. The first-order chi connectivity index (χ1) is 14.1. The molecule has 3 aromatic carbocycles. The molecule has 0 spiro atoms. The monoisotopic (exact) mass is 389 g/mol. The highest BCUT2D eigenvalue weighted by atomic mass is 16.5. The lowest BCUT2D eigenvalue weighted by Gasteiger charge is -2.15. The smallest absolute Gasteiger partial charge is 0.342 e. The Kier molecular flexibility index (Phi) is 6.63. The highest BCUT2D eigenvalue weighted by Crippen LogP contribution is 2.26. The Hall–Kier alpha value is -3.60. The average molecular weight is 389 g/mol. The van der Waals surface area contributed by atoms with Crippen LogP contribution in [0.5, 0.6) is 11.5 Å². The summed E-state index contributed by atoms with van der Waals surface area (Å²) in [5.41, 5.74) is 2.09. The van der Waals surface area contributed by atoms with E-state index in [1.165, 1.54) is 12.5 Å². The Labute approximate surface area is 170 Å². The van der Waals surface area contributed by atoms with Crippen LogP contribution in [0.3, 0.4) is 0 Å². The second-order valence-corrected chi connectivity index (χ2v) is 6.50. The number of rotatable bonds is 7. The molecule has 5 nitrogen and oxygen atoms in total. The molecule has 0 aromatic heterocycles. The summed E-state index contributed by atoms with van der Waals surface area (Å²) in [5.74, 6) is -0.0508. The molecule has 5 heteroatoms. The first-order valence-corrected chi connectivity index (χ1v) is 9.49. The van der Waals surface area contributed by atoms with Crippen molar-refractivity contribution in [1.82, 2.24) is 0 Å². The van der Waals surface area contributed by atoms with Crippen molar-refractivity contribution in [2.75, 3.05) is 5.32 Å². The van der Waals surface area contributed by atoms with Gasteiger partial charge in [-0.1, -0.05) is 49.4 Å². The normalized spacial score (nSPS) is 11.4. The fraction of sp³-hybridized carbons (Fsp3) is 0.167. The molecule has 0 saturated carbocycles. The van der Waals surface area contributed by atoms with Crippen molar-refractivity contribution in [2.45, 2.75) is 26.4 Å². The van der Waals surface area contributed by atoms with Gasteiger partial charge in [0.1, 0.15) is 17.1 Å². The number of hydrogen-bond donors (Lipinski definition) is 1. The van der Waals surface area contributed by atoms with Gasteiger partial charge in [-0.05, 0) is 55.3 Å². The van der Waals surface area contributed by atoms with Gasteiger partial charge < -0.3 is 14.8 Å². The molecule has 1 N–H and O–H groups in total.